The fraction of sp³-hybridized carbons (Fsp3) is 0.273. The van der Waals surface area contributed by atoms with Crippen molar-refractivity contribution in [2.45, 2.75) is 25.7 Å². The van der Waals surface area contributed by atoms with Gasteiger partial charge in [-0.05, 0) is 42.2 Å². The number of hydrogen-bond acceptors (Lipinski definition) is 2. The maximum atomic E-state index is 12.2. The van der Waals surface area contributed by atoms with Gasteiger partial charge in [-0.15, -0.1) is 0 Å². The summed E-state index contributed by atoms with van der Waals surface area (Å²) < 4.78 is 0. The second-order valence-electron chi connectivity index (χ2n) is 6.95. The van der Waals surface area contributed by atoms with Gasteiger partial charge in [0.1, 0.15) is 0 Å². The normalized spacial score (nSPS) is 14.1. The summed E-state index contributed by atoms with van der Waals surface area (Å²) in [4.78, 5) is 29.1. The van der Waals surface area contributed by atoms with E-state index < -0.39 is 0 Å². The number of carbonyl (C=O) groups is 2. The average Bonchev–Trinajstić information content (AvgIpc) is 3.29. The molecule has 5 heteroatoms. The summed E-state index contributed by atoms with van der Waals surface area (Å²) in [6.45, 7) is 1.40. The summed E-state index contributed by atoms with van der Waals surface area (Å²) in [5, 5.41) is 4.20. The third-order valence-electron chi connectivity index (χ3n) is 5.08. The molecule has 0 saturated carbocycles. The molecule has 2 heterocycles. The van der Waals surface area contributed by atoms with Crippen LogP contribution in [0.4, 0.5) is 5.69 Å². The summed E-state index contributed by atoms with van der Waals surface area (Å²) in [5.41, 5.74) is 4.21. The first kappa shape index (κ1) is 17.3. The van der Waals surface area contributed by atoms with Crippen LogP contribution in [0.2, 0.25) is 0 Å². The van der Waals surface area contributed by atoms with Crippen molar-refractivity contribution in [3.63, 3.8) is 0 Å². The van der Waals surface area contributed by atoms with Gasteiger partial charge in [-0.25, -0.2) is 0 Å². The van der Waals surface area contributed by atoms with Crippen molar-refractivity contribution < 1.29 is 9.59 Å². The summed E-state index contributed by atoms with van der Waals surface area (Å²) in [6.07, 6.45) is 4.70. The first-order valence-electron chi connectivity index (χ1n) is 9.42. The molecule has 2 amide bonds. The van der Waals surface area contributed by atoms with Gasteiger partial charge >= 0.3 is 0 Å². The molecule has 0 atom stereocenters. The Balaban J connectivity index is 1.28. The number of nitrogens with zero attached hydrogens (tertiary/aromatic N) is 1. The predicted octanol–water partition coefficient (Wildman–Crippen LogP) is 3.20. The lowest BCUT2D eigenvalue weighted by molar-refractivity contribution is -0.120. The van der Waals surface area contributed by atoms with E-state index in [0.29, 0.717) is 19.4 Å². The van der Waals surface area contributed by atoms with E-state index in [9.17, 15) is 9.59 Å². The van der Waals surface area contributed by atoms with Crippen molar-refractivity contribution >= 4 is 28.4 Å². The highest BCUT2D eigenvalue weighted by molar-refractivity contribution is 5.95. The topological polar surface area (TPSA) is 65.2 Å². The minimum Gasteiger partial charge on any atom is -0.361 e. The highest BCUT2D eigenvalue weighted by Crippen LogP contribution is 2.22. The van der Waals surface area contributed by atoms with Crippen LogP contribution in [0.15, 0.2) is 54.7 Å². The van der Waals surface area contributed by atoms with E-state index in [0.717, 1.165) is 36.2 Å². The molecule has 0 aliphatic carbocycles. The van der Waals surface area contributed by atoms with Crippen LogP contribution in [-0.4, -0.2) is 29.9 Å². The quantitative estimate of drug-likeness (QED) is 0.708. The van der Waals surface area contributed by atoms with Crippen LogP contribution < -0.4 is 10.2 Å². The Bertz CT molecular complexity index is 959. The van der Waals surface area contributed by atoms with Crippen molar-refractivity contribution in [3.8, 4) is 0 Å². The Morgan fingerprint density at radius 1 is 1.11 bits per heavy atom. The lowest BCUT2D eigenvalue weighted by Crippen LogP contribution is -2.27. The summed E-state index contributed by atoms with van der Waals surface area (Å²) in [6, 6.07) is 15.9. The number of H-pyrrole nitrogens is 1. The van der Waals surface area contributed by atoms with Gasteiger partial charge in [0.2, 0.25) is 11.8 Å². The fourth-order valence-electron chi connectivity index (χ4n) is 3.64. The fourth-order valence-corrected chi connectivity index (χ4v) is 3.64. The molecule has 1 aliphatic rings. The van der Waals surface area contributed by atoms with Gasteiger partial charge in [0.15, 0.2) is 0 Å². The van der Waals surface area contributed by atoms with E-state index in [1.165, 1.54) is 10.9 Å². The van der Waals surface area contributed by atoms with Crippen LogP contribution in [0, 0.1) is 0 Å². The number of nitrogens with one attached hydrogen (secondary N) is 2. The Kier molecular flexibility index (Phi) is 4.92. The molecule has 1 saturated heterocycles. The lowest BCUT2D eigenvalue weighted by Gasteiger charge is -2.15. The third kappa shape index (κ3) is 3.87. The molecular weight excluding hydrogens is 338 g/mol. The van der Waals surface area contributed by atoms with E-state index in [2.05, 4.69) is 22.4 Å². The minimum atomic E-state index is 0.0137. The van der Waals surface area contributed by atoms with E-state index in [1.807, 2.05) is 47.5 Å². The SMILES string of the molecule is O=C(Cc1ccc(N2CCCC2=O)cc1)NCCc1c[nH]c2ccccc12. The predicted molar refractivity (Wildman–Crippen MR) is 107 cm³/mol. The van der Waals surface area contributed by atoms with Crippen LogP contribution in [0.5, 0.6) is 0 Å². The first-order chi connectivity index (χ1) is 13.2. The molecule has 5 nitrogen and oxygen atoms in total. The molecular formula is C22H23N3O2. The van der Waals surface area contributed by atoms with E-state index in [-0.39, 0.29) is 11.8 Å². The Morgan fingerprint density at radius 3 is 2.70 bits per heavy atom. The Hall–Kier alpha value is -3.08. The van der Waals surface area contributed by atoms with E-state index in [1.54, 1.807) is 0 Å². The van der Waals surface area contributed by atoms with Crippen molar-refractivity contribution in [3.05, 3.63) is 65.9 Å². The standard InChI is InChI=1S/C22H23N3O2/c26-21(23-12-11-17-15-24-20-5-2-1-4-19(17)20)14-16-7-9-18(10-8-16)25-13-3-6-22(25)27/h1-2,4-5,7-10,15,24H,3,6,11-14H2,(H,23,26). The third-order valence-corrected chi connectivity index (χ3v) is 5.08. The monoisotopic (exact) mass is 361 g/mol. The van der Waals surface area contributed by atoms with Gasteiger partial charge in [-0.3, -0.25) is 9.59 Å². The maximum absolute atomic E-state index is 12.2. The van der Waals surface area contributed by atoms with Crippen molar-refractivity contribution in [1.82, 2.24) is 10.3 Å². The summed E-state index contributed by atoms with van der Waals surface area (Å²) in [5.74, 6) is 0.192. The van der Waals surface area contributed by atoms with Gasteiger partial charge in [0.05, 0.1) is 6.42 Å². The molecule has 2 N–H and O–H groups in total. The number of aromatic amines is 1. The highest BCUT2D eigenvalue weighted by atomic mass is 16.2. The molecule has 0 bridgehead atoms. The number of hydrogen-bond donors (Lipinski definition) is 2. The number of amides is 2. The van der Waals surface area contributed by atoms with Gasteiger partial charge in [-0.1, -0.05) is 30.3 Å². The molecule has 1 fully saturated rings. The van der Waals surface area contributed by atoms with E-state index in [4.69, 9.17) is 0 Å². The number of anilines is 1. The van der Waals surface area contributed by atoms with Gasteiger partial charge in [0, 0.05) is 42.3 Å². The average molecular weight is 361 g/mol. The second kappa shape index (κ2) is 7.66. The number of fused-ring (bicyclic) bond motifs is 1. The molecule has 0 unspecified atom stereocenters. The number of benzene rings is 2. The molecule has 1 aliphatic heterocycles. The maximum Gasteiger partial charge on any atom is 0.227 e. The van der Waals surface area contributed by atoms with Crippen molar-refractivity contribution in [2.24, 2.45) is 0 Å². The molecule has 0 radical (unpaired) electrons. The minimum absolute atomic E-state index is 0.0137. The van der Waals surface area contributed by atoms with Crippen molar-refractivity contribution in [1.29, 1.82) is 0 Å². The smallest absolute Gasteiger partial charge is 0.227 e. The van der Waals surface area contributed by atoms with Crippen LogP contribution >= 0.6 is 0 Å². The number of carbonyl (C=O) groups excluding carboxylic acids is 2. The number of rotatable bonds is 6. The molecule has 4 rings (SSSR count). The number of aromatic nitrogens is 1. The van der Waals surface area contributed by atoms with Crippen LogP contribution in [0.3, 0.4) is 0 Å². The number of para-hydroxylation sites is 1. The largest absolute Gasteiger partial charge is 0.361 e. The lowest BCUT2D eigenvalue weighted by atomic mass is 10.1. The molecule has 27 heavy (non-hydrogen) atoms. The van der Waals surface area contributed by atoms with Crippen LogP contribution in [0.1, 0.15) is 24.0 Å². The Labute approximate surface area is 158 Å². The van der Waals surface area contributed by atoms with E-state index >= 15 is 0 Å². The first-order valence-corrected chi connectivity index (χ1v) is 9.42. The molecule has 3 aromatic rings. The zero-order valence-corrected chi connectivity index (χ0v) is 15.2. The Morgan fingerprint density at radius 2 is 1.93 bits per heavy atom. The summed E-state index contributed by atoms with van der Waals surface area (Å²) in [7, 11) is 0. The molecule has 0 spiro atoms. The molecule has 2 aromatic carbocycles. The molecule has 138 valence electrons. The molecule has 1 aromatic heterocycles. The van der Waals surface area contributed by atoms with Crippen LogP contribution in [0.25, 0.3) is 10.9 Å². The second-order valence-corrected chi connectivity index (χ2v) is 6.95. The van der Waals surface area contributed by atoms with Crippen LogP contribution in [-0.2, 0) is 22.4 Å². The van der Waals surface area contributed by atoms with Crippen molar-refractivity contribution in [2.75, 3.05) is 18.0 Å². The summed E-state index contributed by atoms with van der Waals surface area (Å²) >= 11 is 0. The van der Waals surface area contributed by atoms with Gasteiger partial charge < -0.3 is 15.2 Å². The van der Waals surface area contributed by atoms with Gasteiger partial charge in [0.25, 0.3) is 0 Å². The zero-order chi connectivity index (χ0) is 18.6. The van der Waals surface area contributed by atoms with Gasteiger partial charge in [-0.2, -0.15) is 0 Å². The zero-order valence-electron chi connectivity index (χ0n) is 15.2. The highest BCUT2D eigenvalue weighted by Gasteiger charge is 2.21.